The highest BCUT2D eigenvalue weighted by atomic mass is 19.1. The lowest BCUT2D eigenvalue weighted by Gasteiger charge is -2.10. The van der Waals surface area contributed by atoms with Crippen molar-refractivity contribution in [1.29, 1.82) is 0 Å². The Bertz CT molecular complexity index is 1160. The third kappa shape index (κ3) is 5.48. The molecule has 2 N–H and O–H groups in total. The Morgan fingerprint density at radius 3 is 2.31 bits per heavy atom. The fraction of sp³-hybridized carbons (Fsp3) is 0.125. The van der Waals surface area contributed by atoms with E-state index in [1.807, 2.05) is 0 Å². The van der Waals surface area contributed by atoms with Crippen molar-refractivity contribution in [1.82, 2.24) is 5.43 Å². The van der Waals surface area contributed by atoms with E-state index in [-0.39, 0.29) is 5.91 Å². The molecule has 7 nitrogen and oxygen atoms in total. The Hall–Kier alpha value is -4.20. The smallest absolute Gasteiger partial charge is 0.275 e. The van der Waals surface area contributed by atoms with Gasteiger partial charge < -0.3 is 14.8 Å². The summed E-state index contributed by atoms with van der Waals surface area (Å²) in [4.78, 5) is 24.9. The lowest BCUT2D eigenvalue weighted by atomic mass is 10.1. The molecule has 32 heavy (non-hydrogen) atoms. The number of benzene rings is 3. The molecule has 3 rings (SSSR count). The summed E-state index contributed by atoms with van der Waals surface area (Å²) in [6.07, 6.45) is 0. The number of ether oxygens (including phenoxy) is 2. The Kier molecular flexibility index (Phi) is 7.17. The van der Waals surface area contributed by atoms with E-state index in [1.54, 1.807) is 49.4 Å². The van der Waals surface area contributed by atoms with Gasteiger partial charge in [0.05, 0.1) is 25.5 Å². The number of carbonyl (C=O) groups excluding carboxylic acids is 2. The molecule has 0 aromatic heterocycles. The topological polar surface area (TPSA) is 89.0 Å². The molecule has 2 amide bonds. The molecule has 3 aromatic rings. The Morgan fingerprint density at radius 1 is 0.875 bits per heavy atom. The molecule has 0 heterocycles. The van der Waals surface area contributed by atoms with Crippen molar-refractivity contribution in [2.75, 3.05) is 19.5 Å². The highest BCUT2D eigenvalue weighted by Gasteiger charge is 2.13. The van der Waals surface area contributed by atoms with E-state index >= 15 is 0 Å². The average molecular weight is 435 g/mol. The Morgan fingerprint density at radius 2 is 1.62 bits per heavy atom. The molecule has 0 fully saturated rings. The van der Waals surface area contributed by atoms with Gasteiger partial charge in [-0.05, 0) is 61.0 Å². The number of carbonyl (C=O) groups is 2. The van der Waals surface area contributed by atoms with E-state index in [0.29, 0.717) is 39.6 Å². The predicted octanol–water partition coefficient (Wildman–Crippen LogP) is 4.25. The van der Waals surface area contributed by atoms with Crippen molar-refractivity contribution in [2.45, 2.75) is 6.92 Å². The van der Waals surface area contributed by atoms with E-state index in [0.717, 1.165) is 0 Å². The second-order valence-corrected chi connectivity index (χ2v) is 6.75. The SMILES string of the molecule is COc1ccc(C(=O)N/N=C(/C)c2cccc(NC(=O)c3ccc(F)cc3)c2)c(OC)c1. The highest BCUT2D eigenvalue weighted by Crippen LogP contribution is 2.24. The molecule has 0 saturated heterocycles. The van der Waals surface area contributed by atoms with Crippen LogP contribution in [0.25, 0.3) is 0 Å². The van der Waals surface area contributed by atoms with Crippen molar-refractivity contribution in [3.05, 3.63) is 89.2 Å². The van der Waals surface area contributed by atoms with Gasteiger partial charge in [-0.3, -0.25) is 9.59 Å². The first-order valence-electron chi connectivity index (χ1n) is 9.65. The summed E-state index contributed by atoms with van der Waals surface area (Å²) < 4.78 is 23.4. The predicted molar refractivity (Wildman–Crippen MR) is 120 cm³/mol. The summed E-state index contributed by atoms with van der Waals surface area (Å²) >= 11 is 0. The zero-order valence-corrected chi connectivity index (χ0v) is 17.8. The normalized spacial score (nSPS) is 10.9. The van der Waals surface area contributed by atoms with Gasteiger partial charge in [0.2, 0.25) is 0 Å². The molecule has 0 bridgehead atoms. The lowest BCUT2D eigenvalue weighted by molar-refractivity contribution is 0.0951. The first-order chi connectivity index (χ1) is 15.4. The summed E-state index contributed by atoms with van der Waals surface area (Å²) in [6, 6.07) is 17.1. The van der Waals surface area contributed by atoms with Crippen molar-refractivity contribution < 1.29 is 23.5 Å². The number of anilines is 1. The number of hydrogen-bond donors (Lipinski definition) is 2. The van der Waals surface area contributed by atoms with Crippen LogP contribution in [-0.4, -0.2) is 31.7 Å². The number of nitrogens with one attached hydrogen (secondary N) is 2. The van der Waals surface area contributed by atoms with Gasteiger partial charge in [-0.25, -0.2) is 9.82 Å². The second-order valence-electron chi connectivity index (χ2n) is 6.75. The van der Waals surface area contributed by atoms with Crippen LogP contribution < -0.4 is 20.2 Å². The van der Waals surface area contributed by atoms with Crippen LogP contribution in [0, 0.1) is 5.82 Å². The van der Waals surface area contributed by atoms with Gasteiger partial charge in [0.1, 0.15) is 17.3 Å². The van der Waals surface area contributed by atoms with E-state index in [4.69, 9.17) is 9.47 Å². The minimum Gasteiger partial charge on any atom is -0.497 e. The molecule has 0 aliphatic heterocycles. The zero-order chi connectivity index (χ0) is 23.1. The fourth-order valence-corrected chi connectivity index (χ4v) is 2.87. The van der Waals surface area contributed by atoms with Gasteiger partial charge in [0.25, 0.3) is 11.8 Å². The molecular weight excluding hydrogens is 413 g/mol. The molecule has 0 atom stereocenters. The summed E-state index contributed by atoms with van der Waals surface area (Å²) in [5, 5.41) is 6.91. The van der Waals surface area contributed by atoms with Crippen molar-refractivity contribution in [3.63, 3.8) is 0 Å². The molecule has 0 aliphatic carbocycles. The van der Waals surface area contributed by atoms with Crippen LogP contribution in [0.3, 0.4) is 0 Å². The van der Waals surface area contributed by atoms with E-state index in [2.05, 4.69) is 15.8 Å². The highest BCUT2D eigenvalue weighted by molar-refractivity contribution is 6.06. The van der Waals surface area contributed by atoms with Crippen LogP contribution in [0.15, 0.2) is 71.8 Å². The van der Waals surface area contributed by atoms with Gasteiger partial charge in [0.15, 0.2) is 0 Å². The Labute approximate surface area is 184 Å². The number of hydrogen-bond acceptors (Lipinski definition) is 5. The third-order valence-corrected chi connectivity index (χ3v) is 4.62. The number of amides is 2. The van der Waals surface area contributed by atoms with E-state index in [9.17, 15) is 14.0 Å². The summed E-state index contributed by atoms with van der Waals surface area (Å²) in [7, 11) is 2.99. The van der Waals surface area contributed by atoms with Gasteiger partial charge in [-0.15, -0.1) is 0 Å². The molecule has 0 radical (unpaired) electrons. The number of hydrazone groups is 1. The maximum absolute atomic E-state index is 13.0. The van der Waals surface area contributed by atoms with Crippen LogP contribution in [0.4, 0.5) is 10.1 Å². The maximum atomic E-state index is 13.0. The molecule has 164 valence electrons. The second kappa shape index (κ2) is 10.2. The van der Waals surface area contributed by atoms with Crippen LogP contribution >= 0.6 is 0 Å². The Balaban J connectivity index is 1.71. The third-order valence-electron chi connectivity index (χ3n) is 4.62. The number of halogens is 1. The number of nitrogens with zero attached hydrogens (tertiary/aromatic N) is 1. The minimum atomic E-state index is -0.440. The number of rotatable bonds is 7. The fourth-order valence-electron chi connectivity index (χ4n) is 2.87. The van der Waals surface area contributed by atoms with Crippen LogP contribution in [0.2, 0.25) is 0 Å². The molecule has 0 unspecified atom stereocenters. The first kappa shape index (κ1) is 22.5. The van der Waals surface area contributed by atoms with Crippen LogP contribution in [-0.2, 0) is 0 Å². The first-order valence-corrected chi connectivity index (χ1v) is 9.65. The number of methoxy groups -OCH3 is 2. The van der Waals surface area contributed by atoms with Crippen LogP contribution in [0.1, 0.15) is 33.2 Å². The molecule has 8 heteroatoms. The van der Waals surface area contributed by atoms with Gasteiger partial charge in [-0.2, -0.15) is 5.10 Å². The zero-order valence-electron chi connectivity index (χ0n) is 17.8. The van der Waals surface area contributed by atoms with Crippen LogP contribution in [0.5, 0.6) is 11.5 Å². The largest absolute Gasteiger partial charge is 0.497 e. The van der Waals surface area contributed by atoms with E-state index in [1.165, 1.54) is 38.5 Å². The van der Waals surface area contributed by atoms with E-state index < -0.39 is 11.7 Å². The summed E-state index contributed by atoms with van der Waals surface area (Å²) in [6.45, 7) is 1.73. The van der Waals surface area contributed by atoms with Gasteiger partial charge >= 0.3 is 0 Å². The van der Waals surface area contributed by atoms with Crippen molar-refractivity contribution in [3.8, 4) is 11.5 Å². The molecular formula is C24H22FN3O4. The minimum absolute atomic E-state index is 0.310. The summed E-state index contributed by atoms with van der Waals surface area (Å²) in [5.41, 5.74) is 4.92. The molecule has 3 aromatic carbocycles. The quantitative estimate of drug-likeness (QED) is 0.429. The molecule has 0 spiro atoms. The van der Waals surface area contributed by atoms with Crippen molar-refractivity contribution in [2.24, 2.45) is 5.10 Å². The average Bonchev–Trinajstić information content (AvgIpc) is 2.82. The lowest BCUT2D eigenvalue weighted by Crippen LogP contribution is -2.20. The summed E-state index contributed by atoms with van der Waals surface area (Å²) in [5.74, 6) is -0.288. The maximum Gasteiger partial charge on any atom is 0.275 e. The monoisotopic (exact) mass is 435 g/mol. The molecule has 0 saturated carbocycles. The van der Waals surface area contributed by atoms with Crippen molar-refractivity contribution >= 4 is 23.2 Å². The van der Waals surface area contributed by atoms with Gasteiger partial charge in [0, 0.05) is 17.3 Å². The molecule has 0 aliphatic rings. The van der Waals surface area contributed by atoms with Gasteiger partial charge in [-0.1, -0.05) is 12.1 Å². The standard InChI is InChI=1S/C24H22FN3O4/c1-15(27-28-24(30)21-12-11-20(31-2)14-22(21)32-3)17-5-4-6-19(13-17)26-23(29)16-7-9-18(25)10-8-16/h4-14H,1-3H3,(H,26,29)(H,28,30)/b27-15-.